The molecule has 0 spiro atoms. The molecule has 0 saturated carbocycles. The van der Waals surface area contributed by atoms with Gasteiger partial charge in [0.2, 0.25) is 0 Å². The Balaban J connectivity index is 2.54. The van der Waals surface area contributed by atoms with E-state index in [2.05, 4.69) is 4.99 Å². The molecule has 0 radical (unpaired) electrons. The number of fused-ring (bicyclic) bond motifs is 1. The Morgan fingerprint density at radius 2 is 2.36 bits per heavy atom. The maximum atomic E-state index is 12.6. The molecule has 0 amide bonds. The molecule has 0 N–H and O–H groups in total. The van der Waals surface area contributed by atoms with Crippen LogP contribution in [-0.2, 0) is 0 Å². The second kappa shape index (κ2) is 2.66. The van der Waals surface area contributed by atoms with Crippen LogP contribution in [0.15, 0.2) is 28.1 Å². The van der Waals surface area contributed by atoms with E-state index in [4.69, 9.17) is 0 Å². The topological polar surface area (TPSA) is 12.4 Å². The Hall–Kier alpha value is -0.830. The molecule has 0 aliphatic carbocycles. The molecule has 0 bridgehead atoms. The van der Waals surface area contributed by atoms with Crippen LogP contribution in [0.4, 0.5) is 4.39 Å². The lowest BCUT2D eigenvalue weighted by Gasteiger charge is -2.07. The lowest BCUT2D eigenvalue weighted by atomic mass is 10.2. The summed E-state index contributed by atoms with van der Waals surface area (Å²) in [4.78, 5) is 5.14. The van der Waals surface area contributed by atoms with Crippen molar-refractivity contribution in [2.75, 3.05) is 5.88 Å². The zero-order chi connectivity index (χ0) is 7.68. The van der Waals surface area contributed by atoms with Crippen LogP contribution in [0.25, 0.3) is 0 Å². The average Bonchev–Trinajstić information content (AvgIpc) is 2.04. The molecule has 2 rings (SSSR count). The molecule has 1 aliphatic heterocycles. The summed E-state index contributed by atoms with van der Waals surface area (Å²) in [6.45, 7) is 0. The molecule has 0 unspecified atom stereocenters. The summed E-state index contributed by atoms with van der Waals surface area (Å²) >= 11 is 1.63. The number of hydrogen-bond acceptors (Lipinski definition) is 2. The molecule has 1 aromatic rings. The molecular weight excluding hydrogens is 161 g/mol. The summed E-state index contributed by atoms with van der Waals surface area (Å²) < 4.78 is 12.6. The fourth-order valence-corrected chi connectivity index (χ4v) is 1.72. The Labute approximate surface area is 68.3 Å². The minimum atomic E-state index is -0.197. The quantitative estimate of drug-likeness (QED) is 0.577. The van der Waals surface area contributed by atoms with Gasteiger partial charge in [-0.3, -0.25) is 4.99 Å². The first-order valence-electron chi connectivity index (χ1n) is 3.28. The van der Waals surface area contributed by atoms with E-state index in [0.717, 1.165) is 16.3 Å². The Morgan fingerprint density at radius 3 is 3.27 bits per heavy atom. The first-order chi connectivity index (χ1) is 5.36. The molecule has 1 nitrogen and oxygen atoms in total. The number of benzene rings is 1. The van der Waals surface area contributed by atoms with Gasteiger partial charge in [-0.1, -0.05) is 0 Å². The fourth-order valence-electron chi connectivity index (χ4n) is 0.994. The van der Waals surface area contributed by atoms with E-state index in [-0.39, 0.29) is 5.82 Å². The maximum absolute atomic E-state index is 12.6. The number of halogens is 1. The summed E-state index contributed by atoms with van der Waals surface area (Å²) in [6, 6.07) is 4.77. The Bertz CT molecular complexity index is 309. The van der Waals surface area contributed by atoms with Crippen molar-refractivity contribution < 1.29 is 4.39 Å². The van der Waals surface area contributed by atoms with Gasteiger partial charge >= 0.3 is 0 Å². The Kier molecular flexibility index (Phi) is 1.66. The van der Waals surface area contributed by atoms with Crippen LogP contribution in [0, 0.1) is 5.82 Å². The van der Waals surface area contributed by atoms with Crippen LogP contribution in [-0.4, -0.2) is 12.1 Å². The molecule has 0 saturated heterocycles. The smallest absolute Gasteiger partial charge is 0.123 e. The van der Waals surface area contributed by atoms with Crippen molar-refractivity contribution in [1.29, 1.82) is 0 Å². The van der Waals surface area contributed by atoms with E-state index in [9.17, 15) is 4.39 Å². The first-order valence-corrected chi connectivity index (χ1v) is 4.27. The van der Waals surface area contributed by atoms with Gasteiger partial charge in [0.25, 0.3) is 0 Å². The monoisotopic (exact) mass is 167 g/mol. The van der Waals surface area contributed by atoms with Gasteiger partial charge in [0.15, 0.2) is 0 Å². The first kappa shape index (κ1) is 6.85. The molecule has 56 valence electrons. The molecule has 3 heteroatoms. The summed E-state index contributed by atoms with van der Waals surface area (Å²) in [7, 11) is 0. The van der Waals surface area contributed by atoms with Crippen molar-refractivity contribution in [1.82, 2.24) is 0 Å². The zero-order valence-electron chi connectivity index (χ0n) is 5.75. The highest BCUT2D eigenvalue weighted by molar-refractivity contribution is 7.99. The zero-order valence-corrected chi connectivity index (χ0v) is 6.57. The van der Waals surface area contributed by atoms with Crippen molar-refractivity contribution in [3.05, 3.63) is 29.6 Å². The number of nitrogens with zero attached hydrogens (tertiary/aromatic N) is 1. The number of rotatable bonds is 0. The third kappa shape index (κ3) is 1.28. The molecule has 11 heavy (non-hydrogen) atoms. The molecule has 1 aromatic carbocycles. The predicted molar refractivity (Wildman–Crippen MR) is 44.7 cm³/mol. The van der Waals surface area contributed by atoms with Gasteiger partial charge in [-0.25, -0.2) is 4.39 Å². The lowest BCUT2D eigenvalue weighted by Crippen LogP contribution is -1.93. The number of thioether (sulfide) groups is 1. The van der Waals surface area contributed by atoms with E-state index in [1.54, 1.807) is 24.0 Å². The van der Waals surface area contributed by atoms with Gasteiger partial charge in [-0.2, -0.15) is 0 Å². The van der Waals surface area contributed by atoms with Crippen molar-refractivity contribution in [2.24, 2.45) is 4.99 Å². The minimum Gasteiger partial charge on any atom is -0.281 e. The maximum Gasteiger partial charge on any atom is 0.123 e. The van der Waals surface area contributed by atoms with Crippen LogP contribution in [0.2, 0.25) is 0 Å². The van der Waals surface area contributed by atoms with Gasteiger partial charge in [-0.15, -0.1) is 11.8 Å². The van der Waals surface area contributed by atoms with Gasteiger partial charge in [0, 0.05) is 16.7 Å². The normalized spacial score (nSPS) is 14.6. The summed E-state index contributed by atoms with van der Waals surface area (Å²) in [6.07, 6.45) is 1.72. The average molecular weight is 167 g/mol. The molecule has 0 aromatic heterocycles. The Morgan fingerprint density at radius 1 is 1.45 bits per heavy atom. The number of hydrogen-bond donors (Lipinski definition) is 0. The van der Waals surface area contributed by atoms with Crippen LogP contribution < -0.4 is 0 Å². The van der Waals surface area contributed by atoms with E-state index < -0.39 is 0 Å². The molecule has 1 aliphatic rings. The van der Waals surface area contributed by atoms with Crippen LogP contribution in [0.5, 0.6) is 0 Å². The second-order valence-electron chi connectivity index (χ2n) is 2.27. The van der Waals surface area contributed by atoms with Crippen LogP contribution in [0.1, 0.15) is 5.56 Å². The van der Waals surface area contributed by atoms with E-state index in [1.165, 1.54) is 12.1 Å². The van der Waals surface area contributed by atoms with Gasteiger partial charge < -0.3 is 0 Å². The van der Waals surface area contributed by atoms with Crippen LogP contribution >= 0.6 is 11.8 Å². The number of aliphatic imine (C=N–C) groups is 1. The standard InChI is InChI=1S/C8H6FNS/c9-7-1-2-8-6(3-7)4-10-5-11-8/h1-4H,5H2. The van der Waals surface area contributed by atoms with Crippen molar-refractivity contribution in [2.45, 2.75) is 4.90 Å². The SMILES string of the molecule is Fc1ccc2c(c1)C=NCS2. The van der Waals surface area contributed by atoms with E-state index in [0.29, 0.717) is 0 Å². The molecule has 0 fully saturated rings. The largest absolute Gasteiger partial charge is 0.281 e. The highest BCUT2D eigenvalue weighted by Gasteiger charge is 2.05. The highest BCUT2D eigenvalue weighted by Crippen LogP contribution is 2.25. The molecule has 0 atom stereocenters. The summed E-state index contributed by atoms with van der Waals surface area (Å²) in [5.41, 5.74) is 0.890. The van der Waals surface area contributed by atoms with Gasteiger partial charge in [0.1, 0.15) is 5.82 Å². The lowest BCUT2D eigenvalue weighted by molar-refractivity contribution is 0.626. The third-order valence-electron chi connectivity index (χ3n) is 1.50. The van der Waals surface area contributed by atoms with E-state index >= 15 is 0 Å². The molecular formula is C8H6FNS. The molecule has 1 heterocycles. The summed E-state index contributed by atoms with van der Waals surface area (Å²) in [5.74, 6) is 0.552. The van der Waals surface area contributed by atoms with Crippen molar-refractivity contribution >= 4 is 18.0 Å². The van der Waals surface area contributed by atoms with Crippen molar-refractivity contribution in [3.8, 4) is 0 Å². The fraction of sp³-hybridized carbons (Fsp3) is 0.125. The van der Waals surface area contributed by atoms with Crippen LogP contribution in [0.3, 0.4) is 0 Å². The van der Waals surface area contributed by atoms with Gasteiger partial charge in [-0.05, 0) is 18.2 Å². The van der Waals surface area contributed by atoms with Gasteiger partial charge in [0.05, 0.1) is 5.88 Å². The van der Waals surface area contributed by atoms with E-state index in [1.807, 2.05) is 0 Å². The van der Waals surface area contributed by atoms with Crippen molar-refractivity contribution in [3.63, 3.8) is 0 Å². The highest BCUT2D eigenvalue weighted by atomic mass is 32.2. The predicted octanol–water partition coefficient (Wildman–Crippen LogP) is 2.31. The minimum absolute atomic E-state index is 0.197. The third-order valence-corrected chi connectivity index (χ3v) is 2.46. The summed E-state index contributed by atoms with van der Waals surface area (Å²) in [5, 5.41) is 0. The second-order valence-corrected chi connectivity index (χ2v) is 3.25.